The molecule has 2 aromatic rings. The lowest BCUT2D eigenvalue weighted by atomic mass is 10.2. The fourth-order valence-electron chi connectivity index (χ4n) is 2.41. The number of nitrogens with zero attached hydrogens (tertiary/aromatic N) is 1. The van der Waals surface area contributed by atoms with Crippen molar-refractivity contribution in [3.8, 4) is 6.07 Å². The third kappa shape index (κ3) is 8.43. The van der Waals surface area contributed by atoms with Crippen LogP contribution >= 0.6 is 11.8 Å². The first-order valence-electron chi connectivity index (χ1n) is 9.79. The minimum Gasteiger partial charge on any atom is -0.390 e. The number of hydrogen-bond donors (Lipinski definition) is 2. The zero-order chi connectivity index (χ0) is 20.7. The molecule has 0 fully saturated rings. The molecule has 0 aliphatic rings. The lowest BCUT2D eigenvalue weighted by Gasteiger charge is -2.10. The van der Waals surface area contributed by atoms with Crippen LogP contribution in [0.15, 0.2) is 76.2 Å². The molecule has 0 unspecified atom stereocenters. The summed E-state index contributed by atoms with van der Waals surface area (Å²) in [6.07, 6.45) is 4.47. The maximum Gasteiger partial charge on any atom is 0.267 e. The topological polar surface area (TPSA) is 74.1 Å². The Bertz CT molecular complexity index is 832. The highest BCUT2D eigenvalue weighted by Crippen LogP contribution is 2.33. The van der Waals surface area contributed by atoms with Crippen LogP contribution in [0, 0.1) is 11.3 Å². The molecule has 5 nitrogen and oxygen atoms in total. The summed E-state index contributed by atoms with van der Waals surface area (Å²) in [6.45, 7) is 4.21. The highest BCUT2D eigenvalue weighted by Gasteiger charge is 2.12. The molecular formula is C23H27N3O2S. The molecule has 2 N–H and O–H groups in total. The standard InChI is InChI=1S/C23H27N3O2S/c1-2-3-15-28-16-9-14-25-18-19(17-24)23(27)26-21-12-7-8-13-22(21)29-20-10-5-4-6-11-20/h4-8,10-13,18,25H,2-3,9,14-16H2,1H3,(H,26,27)/b19-18-. The van der Waals surface area contributed by atoms with Gasteiger partial charge in [0.05, 0.1) is 5.69 Å². The Labute approximate surface area is 177 Å². The minimum atomic E-state index is -0.430. The minimum absolute atomic E-state index is 0.0383. The number of carbonyl (C=O) groups is 1. The maximum absolute atomic E-state index is 12.5. The van der Waals surface area contributed by atoms with Crippen LogP contribution in [-0.4, -0.2) is 25.7 Å². The van der Waals surface area contributed by atoms with Crippen molar-refractivity contribution >= 4 is 23.4 Å². The molecule has 0 radical (unpaired) electrons. The lowest BCUT2D eigenvalue weighted by molar-refractivity contribution is -0.112. The molecule has 0 saturated carbocycles. The molecule has 0 spiro atoms. The third-order valence-corrected chi connectivity index (χ3v) is 5.05. The van der Waals surface area contributed by atoms with Crippen molar-refractivity contribution in [3.05, 3.63) is 66.4 Å². The van der Waals surface area contributed by atoms with Crippen LogP contribution in [0.4, 0.5) is 5.69 Å². The Hall–Kier alpha value is -2.75. The van der Waals surface area contributed by atoms with Gasteiger partial charge in [0.2, 0.25) is 0 Å². The Balaban J connectivity index is 1.88. The highest BCUT2D eigenvalue weighted by molar-refractivity contribution is 7.99. The van der Waals surface area contributed by atoms with Gasteiger partial charge in [-0.1, -0.05) is 55.4 Å². The van der Waals surface area contributed by atoms with Gasteiger partial charge in [0.25, 0.3) is 5.91 Å². The third-order valence-electron chi connectivity index (χ3n) is 3.97. The van der Waals surface area contributed by atoms with Crippen molar-refractivity contribution in [3.63, 3.8) is 0 Å². The number of nitriles is 1. The molecule has 0 aliphatic carbocycles. The van der Waals surface area contributed by atoms with Gasteiger partial charge in [0, 0.05) is 35.7 Å². The summed E-state index contributed by atoms with van der Waals surface area (Å²) in [5, 5.41) is 15.2. The van der Waals surface area contributed by atoms with E-state index in [9.17, 15) is 10.1 Å². The van der Waals surface area contributed by atoms with Crippen LogP contribution in [0.5, 0.6) is 0 Å². The Morgan fingerprint density at radius 3 is 2.59 bits per heavy atom. The van der Waals surface area contributed by atoms with E-state index in [1.165, 1.54) is 6.20 Å². The van der Waals surface area contributed by atoms with Gasteiger partial charge in [-0.2, -0.15) is 5.26 Å². The van der Waals surface area contributed by atoms with E-state index in [1.54, 1.807) is 11.8 Å². The van der Waals surface area contributed by atoms with E-state index < -0.39 is 5.91 Å². The molecule has 0 aromatic heterocycles. The number of hydrogen-bond acceptors (Lipinski definition) is 5. The van der Waals surface area contributed by atoms with Gasteiger partial charge in [-0.15, -0.1) is 0 Å². The summed E-state index contributed by atoms with van der Waals surface area (Å²) >= 11 is 1.56. The average molecular weight is 410 g/mol. The van der Waals surface area contributed by atoms with Gasteiger partial charge in [-0.05, 0) is 37.1 Å². The van der Waals surface area contributed by atoms with Crippen molar-refractivity contribution < 1.29 is 9.53 Å². The predicted octanol–water partition coefficient (Wildman–Crippen LogP) is 4.98. The molecule has 0 heterocycles. The molecule has 6 heteroatoms. The molecular weight excluding hydrogens is 382 g/mol. The molecule has 0 bridgehead atoms. The van der Waals surface area contributed by atoms with Crippen molar-refractivity contribution in [2.24, 2.45) is 0 Å². The number of unbranched alkanes of at least 4 members (excludes halogenated alkanes) is 1. The van der Waals surface area contributed by atoms with E-state index in [0.717, 1.165) is 35.7 Å². The Morgan fingerprint density at radius 1 is 1.10 bits per heavy atom. The van der Waals surface area contributed by atoms with Crippen LogP contribution < -0.4 is 10.6 Å². The second-order valence-corrected chi connectivity index (χ2v) is 7.42. The molecule has 0 atom stereocenters. The summed E-state index contributed by atoms with van der Waals surface area (Å²) < 4.78 is 5.49. The summed E-state index contributed by atoms with van der Waals surface area (Å²) in [5.74, 6) is -0.430. The van der Waals surface area contributed by atoms with E-state index in [1.807, 2.05) is 60.7 Å². The van der Waals surface area contributed by atoms with E-state index in [0.29, 0.717) is 18.8 Å². The number of benzene rings is 2. The van der Waals surface area contributed by atoms with Gasteiger partial charge in [-0.25, -0.2) is 0 Å². The molecule has 0 aliphatic heterocycles. The number of para-hydroxylation sites is 1. The predicted molar refractivity (Wildman–Crippen MR) is 118 cm³/mol. The van der Waals surface area contributed by atoms with Crippen LogP contribution in [0.2, 0.25) is 0 Å². The maximum atomic E-state index is 12.5. The first-order valence-corrected chi connectivity index (χ1v) is 10.6. The fourth-order valence-corrected chi connectivity index (χ4v) is 3.33. The van der Waals surface area contributed by atoms with Gasteiger partial charge >= 0.3 is 0 Å². The number of anilines is 1. The normalized spacial score (nSPS) is 11.0. The number of nitrogens with one attached hydrogen (secondary N) is 2. The van der Waals surface area contributed by atoms with Crippen LogP contribution in [-0.2, 0) is 9.53 Å². The van der Waals surface area contributed by atoms with Crippen molar-refractivity contribution in [1.82, 2.24) is 5.32 Å². The second-order valence-electron chi connectivity index (χ2n) is 6.31. The Morgan fingerprint density at radius 2 is 1.83 bits per heavy atom. The number of carbonyl (C=O) groups excluding carboxylic acids is 1. The smallest absolute Gasteiger partial charge is 0.267 e. The first-order chi connectivity index (χ1) is 14.2. The van der Waals surface area contributed by atoms with Gasteiger partial charge < -0.3 is 15.4 Å². The summed E-state index contributed by atoms with van der Waals surface area (Å²) in [5.41, 5.74) is 0.716. The number of ether oxygens (including phenoxy) is 1. The molecule has 2 aromatic carbocycles. The molecule has 29 heavy (non-hydrogen) atoms. The van der Waals surface area contributed by atoms with Gasteiger partial charge in [-0.3, -0.25) is 4.79 Å². The quantitative estimate of drug-likeness (QED) is 0.294. The van der Waals surface area contributed by atoms with Gasteiger partial charge in [0.1, 0.15) is 11.6 Å². The Kier molecular flexibility index (Phi) is 10.4. The fraction of sp³-hybridized carbons (Fsp3) is 0.304. The molecule has 0 saturated heterocycles. The van der Waals surface area contributed by atoms with Gasteiger partial charge in [0.15, 0.2) is 0 Å². The monoisotopic (exact) mass is 409 g/mol. The summed E-state index contributed by atoms with van der Waals surface area (Å²) in [7, 11) is 0. The lowest BCUT2D eigenvalue weighted by Crippen LogP contribution is -2.18. The largest absolute Gasteiger partial charge is 0.390 e. The van der Waals surface area contributed by atoms with E-state index in [4.69, 9.17) is 4.74 Å². The summed E-state index contributed by atoms with van der Waals surface area (Å²) in [4.78, 5) is 14.5. The zero-order valence-corrected chi connectivity index (χ0v) is 17.5. The van der Waals surface area contributed by atoms with Crippen molar-refractivity contribution in [1.29, 1.82) is 5.26 Å². The second kappa shape index (κ2) is 13.4. The number of amides is 1. The number of rotatable bonds is 12. The van der Waals surface area contributed by atoms with Crippen molar-refractivity contribution in [2.45, 2.75) is 36.0 Å². The highest BCUT2D eigenvalue weighted by atomic mass is 32.2. The van der Waals surface area contributed by atoms with E-state index in [-0.39, 0.29) is 5.57 Å². The van der Waals surface area contributed by atoms with Crippen molar-refractivity contribution in [2.75, 3.05) is 25.1 Å². The zero-order valence-electron chi connectivity index (χ0n) is 16.7. The molecule has 152 valence electrons. The first kappa shape index (κ1) is 22.5. The van der Waals surface area contributed by atoms with E-state index in [2.05, 4.69) is 17.6 Å². The van der Waals surface area contributed by atoms with Crippen LogP contribution in [0.3, 0.4) is 0 Å². The van der Waals surface area contributed by atoms with Crippen LogP contribution in [0.1, 0.15) is 26.2 Å². The molecule has 2 rings (SSSR count). The van der Waals surface area contributed by atoms with Crippen LogP contribution in [0.25, 0.3) is 0 Å². The van der Waals surface area contributed by atoms with E-state index >= 15 is 0 Å². The molecule has 1 amide bonds. The SMILES string of the molecule is CCCCOCCCN/C=C(/C#N)C(=O)Nc1ccccc1Sc1ccccc1. The summed E-state index contributed by atoms with van der Waals surface area (Å²) in [6, 6.07) is 19.5. The average Bonchev–Trinajstić information content (AvgIpc) is 2.75.